The van der Waals surface area contributed by atoms with Gasteiger partial charge in [-0.1, -0.05) is 25.4 Å². The third-order valence-electron chi connectivity index (χ3n) is 4.84. The van der Waals surface area contributed by atoms with Crippen LogP contribution in [0, 0.1) is 17.7 Å². The number of anilines is 1. The summed E-state index contributed by atoms with van der Waals surface area (Å²) in [6.45, 7) is 9.58. The van der Waals surface area contributed by atoms with Gasteiger partial charge in [-0.3, -0.25) is 4.79 Å². The third kappa shape index (κ3) is 6.63. The average Bonchev–Trinajstić information content (AvgIpc) is 2.60. The molecular weight excluding hydrogens is 371 g/mol. The van der Waals surface area contributed by atoms with Crippen LogP contribution in [-0.4, -0.2) is 55.0 Å². The van der Waals surface area contributed by atoms with Crippen molar-refractivity contribution in [2.75, 3.05) is 37.7 Å². The topological polar surface area (TPSA) is 53.0 Å². The highest BCUT2D eigenvalue weighted by atomic mass is 35.5. The number of halogens is 2. The van der Waals surface area contributed by atoms with Crippen LogP contribution >= 0.6 is 11.6 Å². The molecule has 0 saturated carbocycles. The van der Waals surface area contributed by atoms with Gasteiger partial charge in [0.1, 0.15) is 12.0 Å². The molecule has 0 spiro atoms. The van der Waals surface area contributed by atoms with Crippen molar-refractivity contribution in [1.82, 2.24) is 4.90 Å². The van der Waals surface area contributed by atoms with Gasteiger partial charge < -0.3 is 19.6 Å². The summed E-state index contributed by atoms with van der Waals surface area (Å²) in [5, 5.41) is 9.56. The standard InChI is InChI=1S/C20H30ClFN2O3/c1-14(2)12-24(19-7-6-17(22)11-18(19)21)15(3)27-10-9-23-8-4-5-16(13-23)20(25)26/h6-7,11,14-16H,4-5,8-10,12-13H2,1-3H3,(H,25,26). The van der Waals surface area contributed by atoms with Crippen LogP contribution < -0.4 is 4.90 Å². The molecule has 1 saturated heterocycles. The van der Waals surface area contributed by atoms with Crippen LogP contribution in [0.1, 0.15) is 33.6 Å². The maximum Gasteiger partial charge on any atom is 0.307 e. The fourth-order valence-corrected chi connectivity index (χ4v) is 3.73. The van der Waals surface area contributed by atoms with Gasteiger partial charge in [-0.05, 0) is 50.4 Å². The van der Waals surface area contributed by atoms with Gasteiger partial charge in [0.25, 0.3) is 0 Å². The molecule has 1 heterocycles. The first-order chi connectivity index (χ1) is 12.8. The Morgan fingerprint density at radius 2 is 2.19 bits per heavy atom. The van der Waals surface area contributed by atoms with Crippen molar-refractivity contribution in [1.29, 1.82) is 0 Å². The van der Waals surface area contributed by atoms with Gasteiger partial charge in [0, 0.05) is 19.6 Å². The van der Waals surface area contributed by atoms with E-state index in [1.54, 1.807) is 6.07 Å². The highest BCUT2D eigenvalue weighted by Gasteiger charge is 2.25. The van der Waals surface area contributed by atoms with E-state index in [0.29, 0.717) is 30.6 Å². The van der Waals surface area contributed by atoms with Gasteiger partial charge in [0.2, 0.25) is 0 Å². The summed E-state index contributed by atoms with van der Waals surface area (Å²) in [6, 6.07) is 4.40. The molecule has 2 atom stereocenters. The number of rotatable bonds is 9. The smallest absolute Gasteiger partial charge is 0.307 e. The van der Waals surface area contributed by atoms with E-state index in [9.17, 15) is 14.3 Å². The van der Waals surface area contributed by atoms with Crippen molar-refractivity contribution < 1.29 is 19.0 Å². The van der Waals surface area contributed by atoms with Crippen molar-refractivity contribution in [3.8, 4) is 0 Å². The Kier molecular flexibility index (Phi) is 8.32. The Labute approximate surface area is 166 Å². The van der Waals surface area contributed by atoms with Crippen molar-refractivity contribution in [2.45, 2.75) is 39.8 Å². The van der Waals surface area contributed by atoms with Gasteiger partial charge in [0.05, 0.1) is 23.2 Å². The molecule has 1 aromatic rings. The number of carboxylic acid groups (broad SMARTS) is 1. The number of likely N-dealkylation sites (tertiary alicyclic amines) is 1. The number of ether oxygens (including phenoxy) is 1. The first-order valence-corrected chi connectivity index (χ1v) is 9.94. The van der Waals surface area contributed by atoms with Crippen molar-refractivity contribution in [3.63, 3.8) is 0 Å². The van der Waals surface area contributed by atoms with Crippen LogP contribution in [-0.2, 0) is 9.53 Å². The quantitative estimate of drug-likeness (QED) is 0.632. The van der Waals surface area contributed by atoms with E-state index in [4.69, 9.17) is 16.3 Å². The SMILES string of the molecule is CC(C)CN(c1ccc(F)cc1Cl)C(C)OCCN1CCCC(C(=O)O)C1. The number of benzene rings is 1. The lowest BCUT2D eigenvalue weighted by molar-refractivity contribution is -0.143. The maximum atomic E-state index is 13.4. The predicted octanol–water partition coefficient (Wildman–Crippen LogP) is 4.10. The predicted molar refractivity (Wildman–Crippen MR) is 106 cm³/mol. The number of hydrogen-bond acceptors (Lipinski definition) is 4. The number of carboxylic acids is 1. The highest BCUT2D eigenvalue weighted by Crippen LogP contribution is 2.29. The Balaban J connectivity index is 1.93. The van der Waals surface area contributed by atoms with E-state index >= 15 is 0 Å². The van der Waals surface area contributed by atoms with Crippen LogP contribution in [0.3, 0.4) is 0 Å². The molecule has 0 aromatic heterocycles. The minimum Gasteiger partial charge on any atom is -0.481 e. The number of nitrogens with zero attached hydrogens (tertiary/aromatic N) is 2. The van der Waals surface area contributed by atoms with E-state index in [1.165, 1.54) is 12.1 Å². The molecule has 0 bridgehead atoms. The number of piperidine rings is 1. The highest BCUT2D eigenvalue weighted by molar-refractivity contribution is 6.33. The third-order valence-corrected chi connectivity index (χ3v) is 5.14. The molecule has 1 aromatic carbocycles. The van der Waals surface area contributed by atoms with Gasteiger partial charge >= 0.3 is 5.97 Å². The molecule has 1 aliphatic heterocycles. The average molecular weight is 401 g/mol. The van der Waals surface area contributed by atoms with Gasteiger partial charge in [-0.15, -0.1) is 0 Å². The van der Waals surface area contributed by atoms with Crippen molar-refractivity contribution in [2.24, 2.45) is 11.8 Å². The van der Waals surface area contributed by atoms with Crippen molar-refractivity contribution >= 4 is 23.3 Å². The summed E-state index contributed by atoms with van der Waals surface area (Å²) in [5.74, 6) is -0.981. The second kappa shape index (κ2) is 10.2. The van der Waals surface area contributed by atoms with Crippen LogP contribution in [0.15, 0.2) is 18.2 Å². The Morgan fingerprint density at radius 3 is 2.81 bits per heavy atom. The summed E-state index contributed by atoms with van der Waals surface area (Å²) in [4.78, 5) is 15.4. The molecule has 1 fully saturated rings. The molecule has 0 aliphatic carbocycles. The zero-order valence-electron chi connectivity index (χ0n) is 16.3. The molecule has 2 unspecified atom stereocenters. The van der Waals surface area contributed by atoms with E-state index < -0.39 is 5.97 Å². The van der Waals surface area contributed by atoms with Gasteiger partial charge in [-0.2, -0.15) is 0 Å². The molecule has 1 N–H and O–H groups in total. The zero-order valence-corrected chi connectivity index (χ0v) is 17.1. The van der Waals surface area contributed by atoms with E-state index in [1.807, 2.05) is 11.8 Å². The molecule has 7 heteroatoms. The van der Waals surface area contributed by atoms with Crippen LogP contribution in [0.4, 0.5) is 10.1 Å². The largest absolute Gasteiger partial charge is 0.481 e. The normalized spacial score (nSPS) is 19.3. The monoisotopic (exact) mass is 400 g/mol. The van der Waals surface area contributed by atoms with Crippen molar-refractivity contribution in [3.05, 3.63) is 29.0 Å². The van der Waals surface area contributed by atoms with E-state index in [0.717, 1.165) is 31.6 Å². The number of hydrogen-bond donors (Lipinski definition) is 1. The number of carbonyl (C=O) groups is 1. The van der Waals surface area contributed by atoms with Crippen LogP contribution in [0.2, 0.25) is 5.02 Å². The maximum absolute atomic E-state index is 13.4. The fourth-order valence-electron chi connectivity index (χ4n) is 3.45. The first-order valence-electron chi connectivity index (χ1n) is 9.56. The molecule has 27 heavy (non-hydrogen) atoms. The summed E-state index contributed by atoms with van der Waals surface area (Å²) in [6.07, 6.45) is 1.42. The zero-order chi connectivity index (χ0) is 20.0. The van der Waals surface area contributed by atoms with E-state index in [-0.39, 0.29) is 18.0 Å². The second-order valence-corrected chi connectivity index (χ2v) is 8.00. The second-order valence-electron chi connectivity index (χ2n) is 7.59. The number of aliphatic carboxylic acids is 1. The lowest BCUT2D eigenvalue weighted by Gasteiger charge is -2.35. The lowest BCUT2D eigenvalue weighted by atomic mass is 9.98. The minimum absolute atomic E-state index is 0.226. The molecule has 0 radical (unpaired) electrons. The Morgan fingerprint density at radius 1 is 1.44 bits per heavy atom. The van der Waals surface area contributed by atoms with E-state index in [2.05, 4.69) is 18.7 Å². The minimum atomic E-state index is -0.719. The Hall–Kier alpha value is -1.37. The van der Waals surface area contributed by atoms with Crippen LogP contribution in [0.5, 0.6) is 0 Å². The van der Waals surface area contributed by atoms with Gasteiger partial charge in [-0.25, -0.2) is 4.39 Å². The lowest BCUT2D eigenvalue weighted by Crippen LogP contribution is -2.42. The molecule has 152 valence electrons. The van der Waals surface area contributed by atoms with Crippen LogP contribution in [0.25, 0.3) is 0 Å². The summed E-state index contributed by atoms with van der Waals surface area (Å²) in [5.41, 5.74) is 0.753. The summed E-state index contributed by atoms with van der Waals surface area (Å²) in [7, 11) is 0. The molecular formula is C20H30ClFN2O3. The molecule has 1 aliphatic rings. The summed E-state index contributed by atoms with van der Waals surface area (Å²) < 4.78 is 19.4. The molecule has 5 nitrogen and oxygen atoms in total. The summed E-state index contributed by atoms with van der Waals surface area (Å²) >= 11 is 6.25. The fraction of sp³-hybridized carbons (Fsp3) is 0.650. The Bertz CT molecular complexity index is 629. The van der Waals surface area contributed by atoms with Gasteiger partial charge in [0.15, 0.2) is 0 Å². The molecule has 0 amide bonds. The first kappa shape index (κ1) is 21.9. The molecule has 2 rings (SSSR count).